The van der Waals surface area contributed by atoms with Gasteiger partial charge in [0.1, 0.15) is 0 Å². The van der Waals surface area contributed by atoms with E-state index >= 15 is 0 Å². The zero-order valence-corrected chi connectivity index (χ0v) is 10.7. The first-order valence-corrected chi connectivity index (χ1v) is 6.03. The van der Waals surface area contributed by atoms with Gasteiger partial charge in [-0.15, -0.1) is 0 Å². The normalized spacial score (nSPS) is 23.6. The van der Waals surface area contributed by atoms with Crippen LogP contribution < -0.4 is 10.4 Å². The maximum absolute atomic E-state index is 11.4. The highest BCUT2D eigenvalue weighted by Crippen LogP contribution is 2.31. The Morgan fingerprint density at radius 2 is 2.17 bits per heavy atom. The molecule has 0 aromatic heterocycles. The molecular weight excluding hydrogens is 238 g/mol. The number of piperidine rings is 1. The number of hydrogen-bond acceptors (Lipinski definition) is 5. The smallest absolute Gasteiger partial charge is 0.306 e. The molecule has 1 unspecified atom stereocenters. The highest BCUT2D eigenvalue weighted by atomic mass is 16.5. The summed E-state index contributed by atoms with van der Waals surface area (Å²) in [6.07, 6.45) is 0.273. The standard InChI is InChI=1S/C12H19NO5/c1-8(2)18-10(15)4-6-12(11(16)17)5-3-9(14)13-7-12/h8H,3-7H2,1-2H3,(H,13,14)(H,16,17)/p-1. The van der Waals surface area contributed by atoms with Crippen molar-refractivity contribution in [2.24, 2.45) is 5.41 Å². The highest BCUT2D eigenvalue weighted by Gasteiger charge is 2.36. The Labute approximate surface area is 106 Å². The van der Waals surface area contributed by atoms with Crippen LogP contribution in [0.25, 0.3) is 0 Å². The molecule has 0 spiro atoms. The van der Waals surface area contributed by atoms with E-state index in [1.165, 1.54) is 0 Å². The minimum Gasteiger partial charge on any atom is -0.549 e. The summed E-state index contributed by atoms with van der Waals surface area (Å²) in [6.45, 7) is 3.48. The predicted octanol–water partition coefficient (Wildman–Crippen LogP) is -0.635. The van der Waals surface area contributed by atoms with Gasteiger partial charge in [-0.2, -0.15) is 0 Å². The van der Waals surface area contributed by atoms with E-state index in [9.17, 15) is 19.5 Å². The van der Waals surface area contributed by atoms with Crippen molar-refractivity contribution < 1.29 is 24.2 Å². The molecule has 1 amide bonds. The molecule has 0 aromatic rings. The Morgan fingerprint density at radius 3 is 2.61 bits per heavy atom. The number of hydrogen-bond donors (Lipinski definition) is 1. The van der Waals surface area contributed by atoms with Crippen LogP contribution in [0.3, 0.4) is 0 Å². The van der Waals surface area contributed by atoms with Crippen LogP contribution in [-0.4, -0.2) is 30.5 Å². The quantitative estimate of drug-likeness (QED) is 0.660. The average Bonchev–Trinajstić information content (AvgIpc) is 2.27. The monoisotopic (exact) mass is 256 g/mol. The van der Waals surface area contributed by atoms with Gasteiger partial charge in [0, 0.05) is 30.8 Å². The molecule has 6 heteroatoms. The number of carbonyl (C=O) groups excluding carboxylic acids is 3. The largest absolute Gasteiger partial charge is 0.549 e. The third-order valence-corrected chi connectivity index (χ3v) is 3.06. The van der Waals surface area contributed by atoms with Crippen molar-refractivity contribution >= 4 is 17.8 Å². The van der Waals surface area contributed by atoms with Crippen LogP contribution in [0, 0.1) is 5.41 Å². The van der Waals surface area contributed by atoms with Crippen molar-refractivity contribution in [3.63, 3.8) is 0 Å². The van der Waals surface area contributed by atoms with E-state index in [2.05, 4.69) is 5.32 Å². The third kappa shape index (κ3) is 3.72. The minimum absolute atomic E-state index is 0.0159. The number of esters is 1. The summed E-state index contributed by atoms with van der Waals surface area (Å²) in [5, 5.41) is 13.7. The van der Waals surface area contributed by atoms with E-state index in [0.717, 1.165) is 0 Å². The van der Waals surface area contributed by atoms with Gasteiger partial charge in [0.25, 0.3) is 0 Å². The second-order valence-electron chi connectivity index (χ2n) is 4.88. The summed E-state index contributed by atoms with van der Waals surface area (Å²) in [5.74, 6) is -1.82. The van der Waals surface area contributed by atoms with E-state index < -0.39 is 17.4 Å². The molecule has 6 nitrogen and oxygen atoms in total. The molecule has 1 rings (SSSR count). The summed E-state index contributed by atoms with van der Waals surface area (Å²) >= 11 is 0. The first-order chi connectivity index (χ1) is 8.35. The number of aliphatic carboxylic acids is 1. The van der Waals surface area contributed by atoms with Crippen LogP contribution >= 0.6 is 0 Å². The fourth-order valence-electron chi connectivity index (χ4n) is 1.95. The van der Waals surface area contributed by atoms with E-state index in [0.29, 0.717) is 0 Å². The molecule has 0 bridgehead atoms. The van der Waals surface area contributed by atoms with Crippen LogP contribution in [-0.2, 0) is 19.1 Å². The van der Waals surface area contributed by atoms with Gasteiger partial charge in [-0.05, 0) is 26.7 Å². The van der Waals surface area contributed by atoms with E-state index in [1.807, 2.05) is 0 Å². The Balaban J connectivity index is 2.56. The summed E-state index contributed by atoms with van der Waals surface area (Å²) in [4.78, 5) is 33.6. The lowest BCUT2D eigenvalue weighted by Crippen LogP contribution is -2.53. The topological polar surface area (TPSA) is 95.5 Å². The molecule has 102 valence electrons. The van der Waals surface area contributed by atoms with Gasteiger partial charge in [-0.3, -0.25) is 9.59 Å². The molecular formula is C12H18NO5-. The summed E-state index contributed by atoms with van der Waals surface area (Å²) in [6, 6.07) is 0. The number of carboxylic acid groups (broad SMARTS) is 1. The Kier molecular flexibility index (Phi) is 4.69. The van der Waals surface area contributed by atoms with Crippen molar-refractivity contribution in [3.8, 4) is 0 Å². The second-order valence-corrected chi connectivity index (χ2v) is 4.88. The van der Waals surface area contributed by atoms with Gasteiger partial charge in [0.15, 0.2) is 0 Å². The molecule has 1 saturated heterocycles. The summed E-state index contributed by atoms with van der Waals surface area (Å²) in [5.41, 5.74) is -1.15. The second kappa shape index (κ2) is 5.84. The van der Waals surface area contributed by atoms with Crippen molar-refractivity contribution in [2.75, 3.05) is 6.54 Å². The predicted molar refractivity (Wildman–Crippen MR) is 60.1 cm³/mol. The van der Waals surface area contributed by atoms with Crippen molar-refractivity contribution in [1.82, 2.24) is 5.32 Å². The SMILES string of the molecule is CC(C)OC(=O)CCC1(C(=O)[O-])CCC(=O)NC1. The van der Waals surface area contributed by atoms with Gasteiger partial charge < -0.3 is 20.0 Å². The van der Waals surface area contributed by atoms with Crippen LogP contribution in [0.5, 0.6) is 0 Å². The number of rotatable bonds is 5. The molecule has 0 saturated carbocycles. The number of carbonyl (C=O) groups is 3. The number of nitrogens with one attached hydrogen (secondary N) is 1. The maximum Gasteiger partial charge on any atom is 0.306 e. The number of amides is 1. The molecule has 1 aliphatic heterocycles. The summed E-state index contributed by atoms with van der Waals surface area (Å²) < 4.78 is 4.95. The lowest BCUT2D eigenvalue weighted by molar-refractivity contribution is -0.320. The first kappa shape index (κ1) is 14.5. The van der Waals surface area contributed by atoms with Crippen LogP contribution in [0.2, 0.25) is 0 Å². The Hall–Kier alpha value is -1.59. The minimum atomic E-state index is -1.22. The molecule has 1 atom stereocenters. The van der Waals surface area contributed by atoms with Crippen molar-refractivity contribution in [3.05, 3.63) is 0 Å². The molecule has 1 N–H and O–H groups in total. The Morgan fingerprint density at radius 1 is 1.50 bits per heavy atom. The zero-order valence-electron chi connectivity index (χ0n) is 10.7. The van der Waals surface area contributed by atoms with Crippen LogP contribution in [0.15, 0.2) is 0 Å². The average molecular weight is 256 g/mol. The molecule has 1 fully saturated rings. The van der Waals surface area contributed by atoms with Crippen LogP contribution in [0.1, 0.15) is 39.5 Å². The third-order valence-electron chi connectivity index (χ3n) is 3.06. The van der Waals surface area contributed by atoms with Gasteiger partial charge >= 0.3 is 5.97 Å². The summed E-state index contributed by atoms with van der Waals surface area (Å²) in [7, 11) is 0. The molecule has 1 aliphatic rings. The van der Waals surface area contributed by atoms with E-state index in [-0.39, 0.29) is 44.2 Å². The number of ether oxygens (including phenoxy) is 1. The molecule has 0 aromatic carbocycles. The maximum atomic E-state index is 11.4. The highest BCUT2D eigenvalue weighted by molar-refractivity contribution is 5.82. The van der Waals surface area contributed by atoms with E-state index in [1.54, 1.807) is 13.8 Å². The van der Waals surface area contributed by atoms with Crippen molar-refractivity contribution in [1.29, 1.82) is 0 Å². The van der Waals surface area contributed by atoms with Gasteiger partial charge in [0.05, 0.1) is 6.10 Å². The zero-order chi connectivity index (χ0) is 13.8. The fraction of sp³-hybridized carbons (Fsp3) is 0.750. The van der Waals surface area contributed by atoms with Gasteiger partial charge in [-0.25, -0.2) is 0 Å². The molecule has 0 radical (unpaired) electrons. The molecule has 18 heavy (non-hydrogen) atoms. The molecule has 0 aliphatic carbocycles. The Bertz CT molecular complexity index is 340. The lowest BCUT2D eigenvalue weighted by Gasteiger charge is -2.37. The van der Waals surface area contributed by atoms with Crippen molar-refractivity contribution in [2.45, 2.75) is 45.6 Å². The fourth-order valence-corrected chi connectivity index (χ4v) is 1.95. The van der Waals surface area contributed by atoms with Gasteiger partial charge in [-0.1, -0.05) is 0 Å². The first-order valence-electron chi connectivity index (χ1n) is 6.03. The lowest BCUT2D eigenvalue weighted by atomic mass is 9.77. The van der Waals surface area contributed by atoms with Crippen LogP contribution in [0.4, 0.5) is 0 Å². The number of carboxylic acids is 1. The van der Waals surface area contributed by atoms with Gasteiger partial charge in [0.2, 0.25) is 5.91 Å². The van der Waals surface area contributed by atoms with E-state index in [4.69, 9.17) is 4.74 Å². The molecule has 1 heterocycles.